The van der Waals surface area contributed by atoms with Gasteiger partial charge in [0.1, 0.15) is 0 Å². The first kappa shape index (κ1) is 58.2. The Labute approximate surface area is 558 Å². The third kappa shape index (κ3) is 12.4. The van der Waals surface area contributed by atoms with Crippen molar-refractivity contribution in [1.82, 2.24) is 29.9 Å². The summed E-state index contributed by atoms with van der Waals surface area (Å²) in [5.41, 5.74) is 23.4. The van der Waals surface area contributed by atoms with Crippen LogP contribution < -0.4 is 0 Å². The van der Waals surface area contributed by atoms with Gasteiger partial charge in [-0.1, -0.05) is 291 Å². The molecule has 13 aromatic carbocycles. The number of aromatic nitrogens is 6. The van der Waals surface area contributed by atoms with Gasteiger partial charge in [-0.05, 0) is 148 Å². The van der Waals surface area contributed by atoms with E-state index in [1.54, 1.807) is 12.4 Å². The second kappa shape index (κ2) is 26.4. The van der Waals surface area contributed by atoms with E-state index in [-0.39, 0.29) is 0 Å². The number of nitrogens with zero attached hydrogens (tertiary/aromatic N) is 6. The van der Waals surface area contributed by atoms with Crippen LogP contribution in [-0.4, -0.2) is 29.9 Å². The van der Waals surface area contributed by atoms with Crippen LogP contribution in [0, 0.1) is 0 Å². The number of hydrogen-bond donors (Lipinski definition) is 0. The Hall–Kier alpha value is -12.9. The summed E-state index contributed by atoms with van der Waals surface area (Å²) in [6.45, 7) is 0. The lowest BCUT2D eigenvalue weighted by Gasteiger charge is -2.13. The summed E-state index contributed by atoms with van der Waals surface area (Å²) in [5, 5.41) is 7.48. The van der Waals surface area contributed by atoms with Crippen molar-refractivity contribution in [2.24, 2.45) is 0 Å². The van der Waals surface area contributed by atoms with Gasteiger partial charge in [-0.2, -0.15) is 0 Å². The Kier molecular flexibility index (Phi) is 16.0. The van der Waals surface area contributed by atoms with Gasteiger partial charge in [-0.3, -0.25) is 9.97 Å². The van der Waals surface area contributed by atoms with Crippen molar-refractivity contribution >= 4 is 32.3 Å². The first-order valence-electron chi connectivity index (χ1n) is 32.3. The Morgan fingerprint density at radius 3 is 1.01 bits per heavy atom. The molecule has 0 saturated carbocycles. The van der Waals surface area contributed by atoms with Crippen molar-refractivity contribution in [1.29, 1.82) is 0 Å². The number of pyridine rings is 2. The van der Waals surface area contributed by atoms with Crippen molar-refractivity contribution in [3.8, 4) is 135 Å². The molecule has 96 heavy (non-hydrogen) atoms. The molecule has 0 saturated heterocycles. The molecule has 0 bridgehead atoms. The zero-order valence-electron chi connectivity index (χ0n) is 52.3. The molecule has 0 aliphatic carbocycles. The molecule has 6 heteroatoms. The van der Waals surface area contributed by atoms with Crippen LogP contribution in [0.4, 0.5) is 0 Å². The highest BCUT2D eigenvalue weighted by molar-refractivity contribution is 6.13. The van der Waals surface area contributed by atoms with E-state index in [0.29, 0.717) is 11.6 Å². The van der Waals surface area contributed by atoms with Crippen molar-refractivity contribution in [2.45, 2.75) is 0 Å². The fraction of sp³-hybridized carbons (Fsp3) is 0. The van der Waals surface area contributed by atoms with Gasteiger partial charge in [0.15, 0.2) is 11.6 Å². The van der Waals surface area contributed by atoms with Crippen molar-refractivity contribution in [2.75, 3.05) is 0 Å². The number of hydrogen-bond acceptors (Lipinski definition) is 6. The Bertz CT molecular complexity index is 5590. The Morgan fingerprint density at radius 1 is 0.167 bits per heavy atom. The average Bonchev–Trinajstić information content (AvgIpc) is 0.806. The van der Waals surface area contributed by atoms with Gasteiger partial charge >= 0.3 is 0 Å². The molecule has 0 spiro atoms. The first-order valence-corrected chi connectivity index (χ1v) is 32.3. The van der Waals surface area contributed by atoms with E-state index in [1.807, 2.05) is 36.7 Å². The monoisotopic (exact) mass is 1220 g/mol. The zero-order chi connectivity index (χ0) is 64.0. The summed E-state index contributed by atoms with van der Waals surface area (Å²) in [7, 11) is 0. The predicted molar refractivity (Wildman–Crippen MR) is 397 cm³/mol. The molecule has 17 rings (SSSR count). The topological polar surface area (TPSA) is 77.3 Å². The highest BCUT2D eigenvalue weighted by Gasteiger charge is 2.17. The van der Waals surface area contributed by atoms with Crippen LogP contribution in [0.5, 0.6) is 0 Å². The summed E-state index contributed by atoms with van der Waals surface area (Å²) < 4.78 is 0. The van der Waals surface area contributed by atoms with Crippen LogP contribution in [0.25, 0.3) is 167 Å². The smallest absolute Gasteiger partial charge is 0.160 e. The van der Waals surface area contributed by atoms with Gasteiger partial charge in [0.2, 0.25) is 0 Å². The van der Waals surface area contributed by atoms with Crippen LogP contribution in [0.15, 0.2) is 365 Å². The highest BCUT2D eigenvalue weighted by Crippen LogP contribution is 2.38. The van der Waals surface area contributed by atoms with Crippen LogP contribution in [-0.2, 0) is 0 Å². The fourth-order valence-corrected chi connectivity index (χ4v) is 12.7. The average molecular weight is 1230 g/mol. The summed E-state index contributed by atoms with van der Waals surface area (Å²) in [6, 6.07) is 119. The molecule has 0 radical (unpaired) electrons. The van der Waals surface area contributed by atoms with Crippen LogP contribution in [0.1, 0.15) is 0 Å². The standard InChI is InChI=1S/C47H31N3.C43H29N3/c1-2-10-32(11-3-1)37-13-8-14-39(28-37)46-30-45(35-23-19-33(20-24-35)40-15-9-27-48-31-40)49-47(50-46)36-25-21-34(22-26-36)44-29-38-12-4-5-16-41(38)42-17-6-7-18-43(42)44;1-2-8-30(9-3-1)37-12-6-13-39(27-37)42-28-41(34-20-15-33(16-21-34)40-14-7-25-44-29-40)45-43(46-42)35-22-17-32(18-23-35)38-24-19-31-10-4-5-11-36(31)26-38/h1-31H;1-29H. The molecule has 0 N–H and O–H groups in total. The maximum Gasteiger partial charge on any atom is 0.160 e. The van der Waals surface area contributed by atoms with E-state index < -0.39 is 0 Å². The zero-order valence-corrected chi connectivity index (χ0v) is 52.3. The van der Waals surface area contributed by atoms with Crippen molar-refractivity contribution < 1.29 is 0 Å². The number of fused-ring (bicyclic) bond motifs is 4. The molecule has 450 valence electrons. The van der Waals surface area contributed by atoms with E-state index >= 15 is 0 Å². The van der Waals surface area contributed by atoms with Gasteiger partial charge < -0.3 is 0 Å². The van der Waals surface area contributed by atoms with Crippen molar-refractivity contribution in [3.63, 3.8) is 0 Å². The maximum absolute atomic E-state index is 5.17. The van der Waals surface area contributed by atoms with Crippen LogP contribution in [0.2, 0.25) is 0 Å². The maximum atomic E-state index is 5.17. The van der Waals surface area contributed by atoms with Gasteiger partial charge in [0.25, 0.3) is 0 Å². The summed E-state index contributed by atoms with van der Waals surface area (Å²) in [4.78, 5) is 29.1. The minimum atomic E-state index is 0.689. The molecular weight excluding hydrogens is 1170 g/mol. The SMILES string of the molecule is c1ccc(-c2cccc(-c3cc(-c4ccc(-c5cccnc5)cc4)nc(-c4ccc(-c5cc6ccccc6c6ccccc56)cc4)n3)c2)cc1.c1ccc(-c2cccc(-c3cc(-c4ccc(-c5cccnc5)cc4)nc(-c4ccc(-c5ccc6ccccc6c5)cc4)n3)c2)cc1. The minimum absolute atomic E-state index is 0.689. The van der Waals surface area contributed by atoms with E-state index in [2.05, 4.69) is 325 Å². The summed E-state index contributed by atoms with van der Waals surface area (Å²) >= 11 is 0. The Balaban J connectivity index is 0.000000152. The molecule has 0 atom stereocenters. The lowest BCUT2D eigenvalue weighted by molar-refractivity contribution is 1.18. The highest BCUT2D eigenvalue weighted by atomic mass is 14.9. The normalized spacial score (nSPS) is 11.1. The first-order chi connectivity index (χ1) is 47.5. The molecule has 4 aromatic heterocycles. The van der Waals surface area contributed by atoms with Gasteiger partial charge in [-0.25, -0.2) is 19.9 Å². The van der Waals surface area contributed by atoms with Gasteiger partial charge in [-0.15, -0.1) is 0 Å². The number of rotatable bonds is 12. The molecular formula is C90H60N6. The summed E-state index contributed by atoms with van der Waals surface area (Å²) in [5.74, 6) is 1.38. The molecule has 0 fully saturated rings. The molecule has 17 aromatic rings. The van der Waals surface area contributed by atoms with Gasteiger partial charge in [0.05, 0.1) is 22.8 Å². The minimum Gasteiger partial charge on any atom is -0.264 e. The van der Waals surface area contributed by atoms with Gasteiger partial charge in [0, 0.05) is 58.2 Å². The van der Waals surface area contributed by atoms with E-state index in [0.717, 1.165) is 101 Å². The molecule has 6 nitrogen and oxygen atoms in total. The number of benzene rings is 13. The van der Waals surface area contributed by atoms with Crippen molar-refractivity contribution in [3.05, 3.63) is 365 Å². The fourth-order valence-electron chi connectivity index (χ4n) is 12.7. The Morgan fingerprint density at radius 2 is 0.510 bits per heavy atom. The van der Waals surface area contributed by atoms with E-state index in [4.69, 9.17) is 19.9 Å². The van der Waals surface area contributed by atoms with Crippen LogP contribution >= 0.6 is 0 Å². The van der Waals surface area contributed by atoms with E-state index in [1.165, 1.54) is 54.6 Å². The third-order valence-electron chi connectivity index (χ3n) is 17.8. The van der Waals surface area contributed by atoms with Crippen LogP contribution in [0.3, 0.4) is 0 Å². The second-order valence-electron chi connectivity index (χ2n) is 23.9. The molecule has 0 unspecified atom stereocenters. The summed E-state index contributed by atoms with van der Waals surface area (Å²) in [6.07, 6.45) is 7.37. The third-order valence-corrected chi connectivity index (χ3v) is 17.8. The quantitative estimate of drug-likeness (QED) is 0.113. The second-order valence-corrected chi connectivity index (χ2v) is 23.9. The largest absolute Gasteiger partial charge is 0.264 e. The molecule has 4 heterocycles. The van der Waals surface area contributed by atoms with E-state index in [9.17, 15) is 0 Å². The predicted octanol–water partition coefficient (Wildman–Crippen LogP) is 23.2. The molecule has 0 aliphatic rings. The lowest BCUT2D eigenvalue weighted by atomic mass is 9.93. The molecule has 0 aliphatic heterocycles. The molecule has 0 amide bonds. The lowest BCUT2D eigenvalue weighted by Crippen LogP contribution is -1.96.